The second-order valence-electron chi connectivity index (χ2n) is 2.96. The van der Waals surface area contributed by atoms with Crippen LogP contribution in [0.25, 0.3) is 0 Å². The van der Waals surface area contributed by atoms with Crippen LogP contribution in [0.3, 0.4) is 0 Å². The summed E-state index contributed by atoms with van der Waals surface area (Å²) in [5.74, 6) is -0.0900. The van der Waals surface area contributed by atoms with E-state index in [1.807, 2.05) is 11.4 Å². The Labute approximate surface area is 95.8 Å². The fraction of sp³-hybridized carbons (Fsp3) is 0.200. The lowest BCUT2D eigenvalue weighted by Crippen LogP contribution is -2.25. The molecule has 0 saturated carbocycles. The van der Waals surface area contributed by atoms with Gasteiger partial charge in [0.05, 0.1) is 5.51 Å². The summed E-state index contributed by atoms with van der Waals surface area (Å²) < 4.78 is 0. The van der Waals surface area contributed by atoms with Crippen LogP contribution in [0.2, 0.25) is 0 Å². The maximum absolute atomic E-state index is 11.5. The van der Waals surface area contributed by atoms with Gasteiger partial charge in [-0.25, -0.2) is 4.98 Å². The van der Waals surface area contributed by atoms with Crippen LogP contribution in [-0.2, 0) is 6.42 Å². The molecule has 0 fully saturated rings. The number of hydrogen-bond acceptors (Lipinski definition) is 4. The van der Waals surface area contributed by atoms with E-state index >= 15 is 0 Å². The normalized spacial score (nSPS) is 10.1. The third-order valence-corrected chi connectivity index (χ3v) is 3.42. The number of carbonyl (C=O) groups is 1. The van der Waals surface area contributed by atoms with E-state index in [1.54, 1.807) is 22.2 Å². The Kier molecular flexibility index (Phi) is 3.47. The van der Waals surface area contributed by atoms with Gasteiger partial charge in [-0.15, -0.1) is 22.7 Å². The highest BCUT2D eigenvalue weighted by Gasteiger charge is 2.05. The summed E-state index contributed by atoms with van der Waals surface area (Å²) >= 11 is 3.14. The first-order chi connectivity index (χ1) is 7.36. The molecule has 0 atom stereocenters. The molecule has 5 heteroatoms. The van der Waals surface area contributed by atoms with E-state index in [0.29, 0.717) is 12.2 Å². The van der Waals surface area contributed by atoms with Crippen LogP contribution >= 0.6 is 22.7 Å². The van der Waals surface area contributed by atoms with Crippen molar-refractivity contribution in [1.29, 1.82) is 0 Å². The quantitative estimate of drug-likeness (QED) is 0.887. The van der Waals surface area contributed by atoms with Crippen molar-refractivity contribution in [2.24, 2.45) is 0 Å². The summed E-state index contributed by atoms with van der Waals surface area (Å²) in [6.45, 7) is 0.664. The molecule has 1 N–H and O–H groups in total. The third-order valence-electron chi connectivity index (χ3n) is 1.90. The van der Waals surface area contributed by atoms with Gasteiger partial charge in [0, 0.05) is 16.8 Å². The van der Waals surface area contributed by atoms with Crippen LogP contribution in [0.5, 0.6) is 0 Å². The van der Waals surface area contributed by atoms with Crippen LogP contribution in [0.4, 0.5) is 0 Å². The fourth-order valence-corrected chi connectivity index (χ4v) is 2.41. The summed E-state index contributed by atoms with van der Waals surface area (Å²) in [6, 6.07) is 4.09. The van der Waals surface area contributed by atoms with Crippen molar-refractivity contribution in [3.8, 4) is 0 Å². The summed E-state index contributed by atoms with van der Waals surface area (Å²) in [6.07, 6.45) is 0.882. The van der Waals surface area contributed by atoms with Crippen molar-refractivity contribution in [3.63, 3.8) is 0 Å². The highest BCUT2D eigenvalue weighted by Crippen LogP contribution is 2.08. The summed E-state index contributed by atoms with van der Waals surface area (Å²) in [4.78, 5) is 16.7. The molecule has 15 heavy (non-hydrogen) atoms. The molecule has 0 bridgehead atoms. The lowest BCUT2D eigenvalue weighted by Gasteiger charge is -2.00. The number of aromatic nitrogens is 1. The molecule has 0 aromatic carbocycles. The molecule has 0 saturated heterocycles. The topological polar surface area (TPSA) is 42.0 Å². The molecule has 2 aromatic heterocycles. The first-order valence-corrected chi connectivity index (χ1v) is 6.37. The molecular weight excluding hydrogens is 228 g/mol. The highest BCUT2D eigenvalue weighted by molar-refractivity contribution is 7.09. The Bertz CT molecular complexity index is 409. The molecule has 0 unspecified atom stereocenters. The van der Waals surface area contributed by atoms with Crippen molar-refractivity contribution in [2.45, 2.75) is 6.42 Å². The van der Waals surface area contributed by atoms with E-state index in [4.69, 9.17) is 0 Å². The number of amides is 1. The van der Waals surface area contributed by atoms with Gasteiger partial charge in [0.15, 0.2) is 0 Å². The average Bonchev–Trinajstić information content (AvgIpc) is 2.90. The minimum Gasteiger partial charge on any atom is -0.350 e. The Morgan fingerprint density at radius 2 is 2.47 bits per heavy atom. The minimum absolute atomic E-state index is 0.0900. The minimum atomic E-state index is -0.0900. The van der Waals surface area contributed by atoms with E-state index in [0.717, 1.165) is 6.42 Å². The molecule has 3 nitrogen and oxygen atoms in total. The molecule has 78 valence electrons. The zero-order valence-corrected chi connectivity index (χ0v) is 9.61. The van der Waals surface area contributed by atoms with E-state index in [9.17, 15) is 4.79 Å². The maximum Gasteiger partial charge on any atom is 0.270 e. The number of nitrogens with zero attached hydrogens (tertiary/aromatic N) is 1. The van der Waals surface area contributed by atoms with Gasteiger partial charge in [-0.3, -0.25) is 4.79 Å². The van der Waals surface area contributed by atoms with Gasteiger partial charge < -0.3 is 5.32 Å². The summed E-state index contributed by atoms with van der Waals surface area (Å²) in [5.41, 5.74) is 2.17. The Hall–Kier alpha value is -1.20. The zero-order chi connectivity index (χ0) is 10.5. The Balaban J connectivity index is 1.77. The van der Waals surface area contributed by atoms with E-state index in [1.165, 1.54) is 16.2 Å². The van der Waals surface area contributed by atoms with Crippen molar-refractivity contribution in [1.82, 2.24) is 10.3 Å². The second kappa shape index (κ2) is 5.04. The van der Waals surface area contributed by atoms with Gasteiger partial charge in [-0.1, -0.05) is 6.07 Å². The van der Waals surface area contributed by atoms with Gasteiger partial charge in [-0.05, 0) is 17.9 Å². The monoisotopic (exact) mass is 238 g/mol. The van der Waals surface area contributed by atoms with Crippen LogP contribution < -0.4 is 5.32 Å². The fourth-order valence-electron chi connectivity index (χ4n) is 1.17. The van der Waals surface area contributed by atoms with Crippen LogP contribution in [0, 0.1) is 0 Å². The van der Waals surface area contributed by atoms with E-state index < -0.39 is 0 Å². The number of carbonyl (C=O) groups excluding carboxylic acids is 1. The third kappa shape index (κ3) is 2.87. The molecule has 0 aliphatic carbocycles. The average molecular weight is 238 g/mol. The molecule has 0 radical (unpaired) electrons. The maximum atomic E-state index is 11.5. The first-order valence-electron chi connectivity index (χ1n) is 4.55. The van der Waals surface area contributed by atoms with Gasteiger partial charge in [-0.2, -0.15) is 0 Å². The molecule has 1 amide bonds. The van der Waals surface area contributed by atoms with Crippen molar-refractivity contribution >= 4 is 28.6 Å². The lowest BCUT2D eigenvalue weighted by atomic mass is 10.3. The molecule has 2 aromatic rings. The van der Waals surface area contributed by atoms with Gasteiger partial charge in [0.25, 0.3) is 5.91 Å². The number of nitrogens with one attached hydrogen (secondary N) is 1. The van der Waals surface area contributed by atoms with Crippen molar-refractivity contribution in [3.05, 3.63) is 39.0 Å². The van der Waals surface area contributed by atoms with Crippen molar-refractivity contribution < 1.29 is 4.79 Å². The standard InChI is InChI=1S/C10H10N2OS2/c13-10(9-6-14-7-12-9)11-4-3-8-2-1-5-15-8/h1-2,5-7H,3-4H2,(H,11,13). The van der Waals surface area contributed by atoms with Gasteiger partial charge in [0.2, 0.25) is 0 Å². The Morgan fingerprint density at radius 1 is 1.53 bits per heavy atom. The smallest absolute Gasteiger partial charge is 0.270 e. The van der Waals surface area contributed by atoms with Gasteiger partial charge >= 0.3 is 0 Å². The molecule has 0 aliphatic rings. The second-order valence-corrected chi connectivity index (χ2v) is 4.71. The van der Waals surface area contributed by atoms with Gasteiger partial charge in [0.1, 0.15) is 5.69 Å². The van der Waals surface area contributed by atoms with Crippen LogP contribution in [0.1, 0.15) is 15.4 Å². The SMILES string of the molecule is O=C(NCCc1cccs1)c1cscn1. The molecule has 0 aliphatic heterocycles. The first kappa shape index (κ1) is 10.3. The van der Waals surface area contributed by atoms with Crippen LogP contribution in [0.15, 0.2) is 28.4 Å². The number of thiazole rings is 1. The number of thiophene rings is 1. The highest BCUT2D eigenvalue weighted by atomic mass is 32.1. The predicted molar refractivity (Wildman–Crippen MR) is 62.5 cm³/mol. The van der Waals surface area contributed by atoms with Crippen molar-refractivity contribution in [2.75, 3.05) is 6.54 Å². The molecule has 2 rings (SSSR count). The molecule has 2 heterocycles. The molecular formula is C10H10N2OS2. The van der Waals surface area contributed by atoms with Crippen LogP contribution in [-0.4, -0.2) is 17.4 Å². The van der Waals surface area contributed by atoms with E-state index in [2.05, 4.69) is 16.4 Å². The molecule has 0 spiro atoms. The zero-order valence-electron chi connectivity index (χ0n) is 7.97. The lowest BCUT2D eigenvalue weighted by molar-refractivity contribution is 0.0950. The Morgan fingerprint density at radius 3 is 3.13 bits per heavy atom. The van der Waals surface area contributed by atoms with E-state index in [-0.39, 0.29) is 5.91 Å². The summed E-state index contributed by atoms with van der Waals surface area (Å²) in [7, 11) is 0. The number of hydrogen-bond donors (Lipinski definition) is 1. The predicted octanol–water partition coefficient (Wildman–Crippen LogP) is 2.18. The number of rotatable bonds is 4. The summed E-state index contributed by atoms with van der Waals surface area (Å²) in [5, 5.41) is 6.62. The largest absolute Gasteiger partial charge is 0.350 e.